The van der Waals surface area contributed by atoms with Crippen LogP contribution in [-0.4, -0.2) is 31.1 Å². The van der Waals surface area contributed by atoms with Crippen LogP contribution >= 0.6 is 0 Å². The van der Waals surface area contributed by atoms with Gasteiger partial charge in [-0.3, -0.25) is 10.1 Å². The number of carbonyl (C=O) groups excluding carboxylic acids is 1. The predicted molar refractivity (Wildman–Crippen MR) is 102 cm³/mol. The zero-order valence-corrected chi connectivity index (χ0v) is 15.3. The molecule has 10 heteroatoms. The predicted octanol–water partition coefficient (Wildman–Crippen LogP) is 2.61. The molecule has 146 valence electrons. The Morgan fingerprint density at radius 2 is 1.93 bits per heavy atom. The lowest BCUT2D eigenvalue weighted by molar-refractivity contribution is -0.384. The van der Waals surface area contributed by atoms with Gasteiger partial charge in [-0.15, -0.1) is 0 Å². The number of anilines is 1. The Kier molecular flexibility index (Phi) is 4.73. The molecule has 4 rings (SSSR count). The number of benzene rings is 2. The molecule has 10 nitrogen and oxygen atoms in total. The molecule has 29 heavy (non-hydrogen) atoms. The first-order valence-corrected chi connectivity index (χ1v) is 8.75. The molecule has 0 amide bonds. The average molecular weight is 392 g/mol. The maximum atomic E-state index is 13.0. The smallest absolute Gasteiger partial charge is 0.338 e. The molecule has 0 aliphatic carbocycles. The molecule has 0 saturated carbocycles. The Morgan fingerprint density at radius 1 is 1.21 bits per heavy atom. The highest BCUT2D eigenvalue weighted by atomic mass is 16.6. The van der Waals surface area contributed by atoms with Crippen molar-refractivity contribution < 1.29 is 14.5 Å². The van der Waals surface area contributed by atoms with Crippen molar-refractivity contribution in [3.63, 3.8) is 0 Å². The minimum Gasteiger partial charge on any atom is -0.457 e. The number of allylic oxidation sites excluding steroid dienone is 1. The van der Waals surface area contributed by atoms with Gasteiger partial charge in [-0.2, -0.15) is 4.68 Å². The van der Waals surface area contributed by atoms with E-state index in [9.17, 15) is 14.9 Å². The fraction of sp³-hybridized carbons (Fsp3) is 0.158. The van der Waals surface area contributed by atoms with E-state index >= 15 is 0 Å². The van der Waals surface area contributed by atoms with E-state index in [1.807, 2.05) is 30.3 Å². The summed E-state index contributed by atoms with van der Waals surface area (Å²) in [6, 6.07) is 14.6. The van der Waals surface area contributed by atoms with Crippen LogP contribution in [0.4, 0.5) is 11.6 Å². The first kappa shape index (κ1) is 18.3. The zero-order chi connectivity index (χ0) is 20.4. The second-order valence-corrected chi connectivity index (χ2v) is 6.42. The van der Waals surface area contributed by atoms with Gasteiger partial charge >= 0.3 is 5.97 Å². The molecule has 0 spiro atoms. The molecule has 2 heterocycles. The number of ether oxygens (including phenoxy) is 1. The minimum absolute atomic E-state index is 0.0477. The summed E-state index contributed by atoms with van der Waals surface area (Å²) in [6.07, 6.45) is 0. The Bertz CT molecular complexity index is 1090. The Morgan fingerprint density at radius 3 is 2.62 bits per heavy atom. The molecule has 1 aromatic heterocycles. The molecule has 1 aliphatic heterocycles. The molecule has 0 fully saturated rings. The minimum atomic E-state index is -0.676. The number of esters is 1. The van der Waals surface area contributed by atoms with Gasteiger partial charge in [0.25, 0.3) is 5.69 Å². The summed E-state index contributed by atoms with van der Waals surface area (Å²) in [5, 5.41) is 25.5. The number of nitro benzene ring substituents is 1. The Labute approximate surface area is 165 Å². The molecule has 1 aliphatic rings. The van der Waals surface area contributed by atoms with Gasteiger partial charge in [0, 0.05) is 17.8 Å². The van der Waals surface area contributed by atoms with Crippen molar-refractivity contribution in [3.8, 4) is 0 Å². The van der Waals surface area contributed by atoms with E-state index in [1.165, 1.54) is 16.8 Å². The Balaban J connectivity index is 1.68. The third-order valence-corrected chi connectivity index (χ3v) is 4.57. The number of hydrogen-bond acceptors (Lipinski definition) is 8. The maximum Gasteiger partial charge on any atom is 0.338 e. The van der Waals surface area contributed by atoms with E-state index in [4.69, 9.17) is 4.74 Å². The summed E-state index contributed by atoms with van der Waals surface area (Å²) < 4.78 is 6.97. The lowest BCUT2D eigenvalue weighted by Crippen LogP contribution is -2.29. The van der Waals surface area contributed by atoms with Gasteiger partial charge in [-0.05, 0) is 40.6 Å². The van der Waals surface area contributed by atoms with Gasteiger partial charge < -0.3 is 10.1 Å². The number of rotatable bonds is 5. The van der Waals surface area contributed by atoms with Crippen LogP contribution in [0.15, 0.2) is 65.9 Å². The van der Waals surface area contributed by atoms with Crippen molar-refractivity contribution in [1.82, 2.24) is 20.2 Å². The van der Waals surface area contributed by atoms with Gasteiger partial charge in [0.1, 0.15) is 12.6 Å². The summed E-state index contributed by atoms with van der Waals surface area (Å²) in [7, 11) is 0. The first-order chi connectivity index (χ1) is 14.0. The van der Waals surface area contributed by atoms with Crippen molar-refractivity contribution in [2.45, 2.75) is 19.6 Å². The number of aromatic nitrogens is 4. The number of fused-ring (bicyclic) bond motifs is 1. The second-order valence-electron chi connectivity index (χ2n) is 6.42. The van der Waals surface area contributed by atoms with Gasteiger partial charge in [0.05, 0.1) is 10.5 Å². The Hall–Kier alpha value is -4.08. The van der Waals surface area contributed by atoms with Crippen LogP contribution in [0.5, 0.6) is 0 Å². The normalized spacial score (nSPS) is 15.4. The standard InChI is InChI=1S/C19H16N6O4/c1-12-16(18(26)29-11-13-5-3-2-4-6-13)17(24-19(20-12)21-22-23-24)14-7-9-15(10-8-14)25(27)28/h2-10,17H,11H2,1H3,(H,20,21,23)/t17-/m1/s1. The average Bonchev–Trinajstić information content (AvgIpc) is 3.20. The molecule has 0 saturated heterocycles. The molecule has 1 atom stereocenters. The van der Waals surface area contributed by atoms with E-state index in [2.05, 4.69) is 20.8 Å². The van der Waals surface area contributed by atoms with Crippen LogP contribution in [0.25, 0.3) is 0 Å². The highest BCUT2D eigenvalue weighted by Crippen LogP contribution is 2.35. The fourth-order valence-electron chi connectivity index (χ4n) is 3.16. The highest BCUT2D eigenvalue weighted by Gasteiger charge is 2.35. The van der Waals surface area contributed by atoms with E-state index in [1.54, 1.807) is 19.1 Å². The number of nitrogens with one attached hydrogen (secondary N) is 1. The van der Waals surface area contributed by atoms with E-state index in [0.717, 1.165) is 5.56 Å². The van der Waals surface area contributed by atoms with Gasteiger partial charge in [-0.25, -0.2) is 4.79 Å². The summed E-state index contributed by atoms with van der Waals surface area (Å²) in [5.74, 6) is -0.159. The largest absolute Gasteiger partial charge is 0.457 e. The summed E-state index contributed by atoms with van der Waals surface area (Å²) >= 11 is 0. The quantitative estimate of drug-likeness (QED) is 0.399. The number of hydrogen-bond donors (Lipinski definition) is 1. The second kappa shape index (κ2) is 7.50. The molecule has 0 unspecified atom stereocenters. The summed E-state index contributed by atoms with van der Waals surface area (Å²) in [5.41, 5.74) is 2.31. The van der Waals surface area contributed by atoms with Gasteiger partial charge in [-0.1, -0.05) is 35.4 Å². The maximum absolute atomic E-state index is 13.0. The van der Waals surface area contributed by atoms with Crippen LogP contribution in [0.3, 0.4) is 0 Å². The number of tetrazole rings is 1. The topological polar surface area (TPSA) is 125 Å². The van der Waals surface area contributed by atoms with Crippen molar-refractivity contribution in [2.75, 3.05) is 5.32 Å². The molecule has 3 aromatic rings. The van der Waals surface area contributed by atoms with Crippen molar-refractivity contribution in [3.05, 3.63) is 87.1 Å². The van der Waals surface area contributed by atoms with Crippen LogP contribution in [0, 0.1) is 10.1 Å². The first-order valence-electron chi connectivity index (χ1n) is 8.75. The zero-order valence-electron chi connectivity index (χ0n) is 15.3. The molecular formula is C19H16N6O4. The highest BCUT2D eigenvalue weighted by molar-refractivity contribution is 5.92. The van der Waals surface area contributed by atoms with Crippen LogP contribution < -0.4 is 5.32 Å². The van der Waals surface area contributed by atoms with Crippen LogP contribution in [0.1, 0.15) is 24.1 Å². The monoisotopic (exact) mass is 392 g/mol. The van der Waals surface area contributed by atoms with Crippen molar-refractivity contribution >= 4 is 17.6 Å². The SMILES string of the molecule is CC1=C(C(=O)OCc2ccccc2)[C@@H](c2ccc([N+](=O)[O-])cc2)n2nnnc2N1. The fourth-order valence-corrected chi connectivity index (χ4v) is 3.16. The molecule has 0 radical (unpaired) electrons. The van der Waals surface area contributed by atoms with Gasteiger partial charge in [0.15, 0.2) is 0 Å². The summed E-state index contributed by atoms with van der Waals surface area (Å²) in [6.45, 7) is 1.85. The van der Waals surface area contributed by atoms with Crippen molar-refractivity contribution in [1.29, 1.82) is 0 Å². The van der Waals surface area contributed by atoms with E-state index < -0.39 is 16.9 Å². The number of nitro groups is 1. The van der Waals surface area contributed by atoms with Crippen molar-refractivity contribution in [2.24, 2.45) is 0 Å². The molecule has 1 N–H and O–H groups in total. The lowest BCUT2D eigenvalue weighted by Gasteiger charge is -2.27. The number of non-ortho nitro benzene ring substituents is 1. The molecular weight excluding hydrogens is 376 g/mol. The van der Waals surface area contributed by atoms with Gasteiger partial charge in [0.2, 0.25) is 5.95 Å². The third-order valence-electron chi connectivity index (χ3n) is 4.57. The molecule has 0 bridgehead atoms. The number of nitrogens with zero attached hydrogens (tertiary/aromatic N) is 5. The van der Waals surface area contributed by atoms with Crippen LogP contribution in [0.2, 0.25) is 0 Å². The van der Waals surface area contributed by atoms with E-state index in [0.29, 0.717) is 22.8 Å². The summed E-state index contributed by atoms with van der Waals surface area (Å²) in [4.78, 5) is 23.4. The molecule has 2 aromatic carbocycles. The third kappa shape index (κ3) is 3.55. The van der Waals surface area contributed by atoms with Crippen LogP contribution in [-0.2, 0) is 16.1 Å². The number of carbonyl (C=O) groups is 1. The van der Waals surface area contributed by atoms with E-state index in [-0.39, 0.29) is 12.3 Å². The lowest BCUT2D eigenvalue weighted by atomic mass is 9.95.